The third-order valence-electron chi connectivity index (χ3n) is 4.32. The molecule has 2 aromatic carbocycles. The van der Waals surface area contributed by atoms with Crippen LogP contribution in [-0.2, 0) is 4.79 Å². The van der Waals surface area contributed by atoms with E-state index in [9.17, 15) is 14.7 Å². The smallest absolute Gasteiger partial charge is 0.339 e. The van der Waals surface area contributed by atoms with E-state index in [0.717, 1.165) is 18.4 Å². The molecule has 0 atom stereocenters. The molecule has 27 heavy (non-hydrogen) atoms. The second kappa shape index (κ2) is 6.68. The number of carboxylic acid groups (broad SMARTS) is 1. The average molecular weight is 367 g/mol. The Labute approximate surface area is 154 Å². The van der Waals surface area contributed by atoms with Gasteiger partial charge >= 0.3 is 5.97 Å². The van der Waals surface area contributed by atoms with Crippen LogP contribution in [0, 0.1) is 0 Å². The molecule has 3 N–H and O–H groups in total. The Morgan fingerprint density at radius 1 is 1.15 bits per heavy atom. The molecule has 1 aromatic heterocycles. The van der Waals surface area contributed by atoms with Crippen molar-refractivity contribution in [3.8, 4) is 22.8 Å². The van der Waals surface area contributed by atoms with E-state index in [1.807, 2.05) is 0 Å². The van der Waals surface area contributed by atoms with Gasteiger partial charge in [0.05, 0.1) is 0 Å². The maximum atomic E-state index is 11.6. The van der Waals surface area contributed by atoms with Gasteiger partial charge < -0.3 is 24.7 Å². The number of carbonyl (C=O) groups is 2. The molecule has 0 bridgehead atoms. The number of nitrogens with one attached hydrogen (secondary N) is 1. The Hall–Kier alpha value is -3.48. The number of hydrogen-bond acceptors (Lipinski definition) is 5. The van der Waals surface area contributed by atoms with Gasteiger partial charge in [-0.3, -0.25) is 4.79 Å². The van der Waals surface area contributed by atoms with Crippen LogP contribution >= 0.6 is 0 Å². The largest absolute Gasteiger partial charge is 0.507 e. The van der Waals surface area contributed by atoms with Gasteiger partial charge in [-0.25, -0.2) is 4.79 Å². The molecule has 7 heteroatoms. The van der Waals surface area contributed by atoms with Crippen molar-refractivity contribution in [2.24, 2.45) is 0 Å². The van der Waals surface area contributed by atoms with E-state index in [0.29, 0.717) is 28.5 Å². The molecule has 1 heterocycles. The Bertz CT molecular complexity index is 1020. The molecule has 138 valence electrons. The van der Waals surface area contributed by atoms with Crippen molar-refractivity contribution in [1.82, 2.24) is 5.32 Å². The third-order valence-corrected chi connectivity index (χ3v) is 4.32. The maximum Gasteiger partial charge on any atom is 0.339 e. The van der Waals surface area contributed by atoms with Crippen LogP contribution in [0.3, 0.4) is 0 Å². The number of fused-ring (bicyclic) bond motifs is 1. The minimum absolute atomic E-state index is 0.0300. The lowest BCUT2D eigenvalue weighted by atomic mass is 10.1. The van der Waals surface area contributed by atoms with Crippen LogP contribution in [0.4, 0.5) is 0 Å². The number of rotatable bonds is 6. The van der Waals surface area contributed by atoms with Crippen LogP contribution in [0.2, 0.25) is 0 Å². The number of amides is 1. The van der Waals surface area contributed by atoms with Gasteiger partial charge in [0.2, 0.25) is 0 Å². The summed E-state index contributed by atoms with van der Waals surface area (Å²) in [6, 6.07) is 11.7. The van der Waals surface area contributed by atoms with Crippen LogP contribution < -0.4 is 10.1 Å². The fourth-order valence-corrected chi connectivity index (χ4v) is 2.75. The number of aromatic hydroxyl groups is 1. The number of aromatic carboxylic acids is 1. The number of benzene rings is 2. The van der Waals surface area contributed by atoms with Crippen molar-refractivity contribution >= 4 is 22.8 Å². The predicted molar refractivity (Wildman–Crippen MR) is 96.9 cm³/mol. The Kier molecular flexibility index (Phi) is 4.19. The summed E-state index contributed by atoms with van der Waals surface area (Å²) >= 11 is 0. The van der Waals surface area contributed by atoms with Gasteiger partial charge in [-0.15, -0.1) is 0 Å². The van der Waals surface area contributed by atoms with Gasteiger partial charge in [-0.2, -0.15) is 0 Å². The van der Waals surface area contributed by atoms with Crippen LogP contribution in [-0.4, -0.2) is 34.7 Å². The first-order valence-corrected chi connectivity index (χ1v) is 8.52. The Morgan fingerprint density at radius 3 is 2.56 bits per heavy atom. The SMILES string of the molecule is O=C(COc1ccc(-c2cc3cc(C(=O)O)c(O)cc3o2)cc1)NC1CC1. The summed E-state index contributed by atoms with van der Waals surface area (Å²) in [4.78, 5) is 22.8. The molecular formula is C20H17NO6. The lowest BCUT2D eigenvalue weighted by Gasteiger charge is -2.07. The molecule has 4 rings (SSSR count). The average Bonchev–Trinajstić information content (AvgIpc) is 3.36. The molecule has 3 aromatic rings. The van der Waals surface area contributed by atoms with Crippen molar-refractivity contribution in [3.63, 3.8) is 0 Å². The lowest BCUT2D eigenvalue weighted by molar-refractivity contribution is -0.123. The van der Waals surface area contributed by atoms with Crippen molar-refractivity contribution in [1.29, 1.82) is 0 Å². The van der Waals surface area contributed by atoms with Crippen molar-refractivity contribution in [2.45, 2.75) is 18.9 Å². The molecule has 1 fully saturated rings. The molecule has 0 radical (unpaired) electrons. The highest BCUT2D eigenvalue weighted by molar-refractivity contribution is 5.97. The van der Waals surface area contributed by atoms with Gasteiger partial charge in [-0.1, -0.05) is 0 Å². The fourth-order valence-electron chi connectivity index (χ4n) is 2.75. The highest BCUT2D eigenvalue weighted by Crippen LogP contribution is 2.32. The topological polar surface area (TPSA) is 109 Å². The molecule has 1 aliphatic rings. The monoisotopic (exact) mass is 367 g/mol. The summed E-state index contributed by atoms with van der Waals surface area (Å²) < 4.78 is 11.2. The van der Waals surface area contributed by atoms with Gasteiger partial charge in [0.1, 0.15) is 28.4 Å². The normalized spacial score (nSPS) is 13.5. The van der Waals surface area contributed by atoms with E-state index in [1.165, 1.54) is 12.1 Å². The first-order valence-electron chi connectivity index (χ1n) is 8.52. The summed E-state index contributed by atoms with van der Waals surface area (Å²) in [5, 5.41) is 22.3. The first kappa shape index (κ1) is 17.0. The first-order chi connectivity index (χ1) is 13.0. The fraction of sp³-hybridized carbons (Fsp3) is 0.200. The van der Waals surface area contributed by atoms with E-state index >= 15 is 0 Å². The number of carboxylic acids is 1. The van der Waals surface area contributed by atoms with Crippen LogP contribution in [0.1, 0.15) is 23.2 Å². The highest BCUT2D eigenvalue weighted by atomic mass is 16.5. The van der Waals surface area contributed by atoms with Crippen molar-refractivity contribution < 1.29 is 29.0 Å². The molecule has 7 nitrogen and oxygen atoms in total. The van der Waals surface area contributed by atoms with Crippen molar-refractivity contribution in [3.05, 3.63) is 48.0 Å². The van der Waals surface area contributed by atoms with Crippen LogP contribution in [0.15, 0.2) is 46.9 Å². The maximum absolute atomic E-state index is 11.6. The number of hydrogen-bond donors (Lipinski definition) is 3. The number of carbonyl (C=O) groups excluding carboxylic acids is 1. The Balaban J connectivity index is 1.49. The van der Waals surface area contributed by atoms with E-state index in [2.05, 4.69) is 5.32 Å². The van der Waals surface area contributed by atoms with E-state index in [-0.39, 0.29) is 23.8 Å². The molecule has 1 amide bonds. The van der Waals surface area contributed by atoms with Gasteiger partial charge in [0, 0.05) is 23.1 Å². The lowest BCUT2D eigenvalue weighted by Crippen LogP contribution is -2.30. The summed E-state index contributed by atoms with van der Waals surface area (Å²) in [5.41, 5.74) is 0.977. The summed E-state index contributed by atoms with van der Waals surface area (Å²) in [7, 11) is 0. The van der Waals surface area contributed by atoms with Crippen LogP contribution in [0.5, 0.6) is 11.5 Å². The summed E-state index contributed by atoms with van der Waals surface area (Å²) in [6.45, 7) is -0.0300. The number of furan rings is 1. The second-order valence-corrected chi connectivity index (χ2v) is 6.48. The molecule has 0 saturated heterocycles. The highest BCUT2D eigenvalue weighted by Gasteiger charge is 2.23. The predicted octanol–water partition coefficient (Wildman–Crippen LogP) is 3.16. The van der Waals surface area contributed by atoms with E-state index in [4.69, 9.17) is 14.3 Å². The molecule has 0 spiro atoms. The minimum atomic E-state index is -1.20. The molecule has 1 saturated carbocycles. The van der Waals surface area contributed by atoms with E-state index in [1.54, 1.807) is 30.3 Å². The number of ether oxygens (including phenoxy) is 1. The zero-order valence-corrected chi connectivity index (χ0v) is 14.3. The quantitative estimate of drug-likeness (QED) is 0.617. The zero-order chi connectivity index (χ0) is 19.0. The summed E-state index contributed by atoms with van der Waals surface area (Å²) in [5.74, 6) is -0.585. The van der Waals surface area contributed by atoms with Gasteiger partial charge in [0.25, 0.3) is 5.91 Å². The van der Waals surface area contributed by atoms with Crippen molar-refractivity contribution in [2.75, 3.05) is 6.61 Å². The third kappa shape index (κ3) is 3.72. The van der Waals surface area contributed by atoms with Crippen LogP contribution in [0.25, 0.3) is 22.3 Å². The van der Waals surface area contributed by atoms with E-state index < -0.39 is 5.97 Å². The molecule has 0 unspecified atom stereocenters. The zero-order valence-electron chi connectivity index (χ0n) is 14.3. The Morgan fingerprint density at radius 2 is 1.89 bits per heavy atom. The minimum Gasteiger partial charge on any atom is -0.507 e. The molecular weight excluding hydrogens is 350 g/mol. The molecule has 1 aliphatic carbocycles. The second-order valence-electron chi connectivity index (χ2n) is 6.48. The standard InChI is InChI=1S/C20H17NO6/c22-16-9-18-12(7-15(16)20(24)25)8-17(27-18)11-1-5-14(6-2-11)26-10-19(23)21-13-3-4-13/h1-2,5-9,13,22H,3-4,10H2,(H,21,23)(H,24,25). The van der Waals surface area contributed by atoms with Gasteiger partial charge in [0.15, 0.2) is 6.61 Å². The molecule has 0 aliphatic heterocycles. The number of phenols is 1. The van der Waals surface area contributed by atoms with Gasteiger partial charge in [-0.05, 0) is 49.2 Å². The summed E-state index contributed by atoms with van der Waals surface area (Å²) in [6.07, 6.45) is 2.06.